The largest absolute Gasteiger partial charge is 0.495 e. The van der Waals surface area contributed by atoms with Crippen LogP contribution in [0, 0.1) is 12.3 Å². The Bertz CT molecular complexity index is 714. The van der Waals surface area contributed by atoms with E-state index in [-0.39, 0.29) is 0 Å². The highest BCUT2D eigenvalue weighted by atomic mass is 16.5. The molecule has 3 heteroatoms. The molecule has 2 aromatic carbocycles. The summed E-state index contributed by atoms with van der Waals surface area (Å²) in [5.74, 6) is 3.28. The lowest BCUT2D eigenvalue weighted by molar-refractivity contribution is 0.145. The van der Waals surface area contributed by atoms with E-state index in [9.17, 15) is 5.11 Å². The lowest BCUT2D eigenvalue weighted by atomic mass is 9.87. The van der Waals surface area contributed by atoms with E-state index < -0.39 is 5.60 Å². The first-order valence-corrected chi connectivity index (χ1v) is 7.88. The van der Waals surface area contributed by atoms with E-state index >= 15 is 0 Å². The Labute approximate surface area is 137 Å². The van der Waals surface area contributed by atoms with Gasteiger partial charge in [0.15, 0.2) is 5.60 Å². The van der Waals surface area contributed by atoms with Gasteiger partial charge in [0.05, 0.1) is 12.8 Å². The molecule has 0 saturated carbocycles. The minimum atomic E-state index is -1.46. The predicted octanol–water partition coefficient (Wildman–Crippen LogP) is 3.16. The van der Waals surface area contributed by atoms with Gasteiger partial charge < -0.3 is 14.7 Å². The number of nitrogens with zero attached hydrogens (tertiary/aromatic N) is 1. The summed E-state index contributed by atoms with van der Waals surface area (Å²) in [7, 11) is 1.65. The molecule has 1 N–H and O–H groups in total. The van der Waals surface area contributed by atoms with Gasteiger partial charge in [-0.3, -0.25) is 0 Å². The summed E-state index contributed by atoms with van der Waals surface area (Å²) >= 11 is 0. The Kier molecular flexibility index (Phi) is 4.27. The van der Waals surface area contributed by atoms with Crippen molar-refractivity contribution in [2.45, 2.75) is 18.4 Å². The van der Waals surface area contributed by atoms with Crippen LogP contribution in [0.4, 0.5) is 5.69 Å². The summed E-state index contributed by atoms with van der Waals surface area (Å²) in [5, 5.41) is 11.0. The molecule has 3 rings (SSSR count). The van der Waals surface area contributed by atoms with Gasteiger partial charge in [-0.05, 0) is 25.0 Å². The fraction of sp³-hybridized carbons (Fsp3) is 0.300. The summed E-state index contributed by atoms with van der Waals surface area (Å²) in [5.41, 5.74) is 0.920. The number of benzene rings is 2. The zero-order valence-electron chi connectivity index (χ0n) is 13.3. The van der Waals surface area contributed by atoms with Crippen LogP contribution in [-0.4, -0.2) is 25.3 Å². The third kappa shape index (κ3) is 2.78. The molecule has 2 aromatic rings. The van der Waals surface area contributed by atoms with Crippen molar-refractivity contribution in [3.05, 3.63) is 59.7 Å². The quantitative estimate of drug-likeness (QED) is 0.881. The number of hydrogen-bond donors (Lipinski definition) is 1. The van der Waals surface area contributed by atoms with Gasteiger partial charge in [0.25, 0.3) is 0 Å². The number of methoxy groups -OCH3 is 1. The van der Waals surface area contributed by atoms with Crippen LogP contribution in [-0.2, 0) is 5.60 Å². The second-order valence-electron chi connectivity index (χ2n) is 5.80. The van der Waals surface area contributed by atoms with Crippen molar-refractivity contribution in [1.29, 1.82) is 0 Å². The molecule has 0 aliphatic carbocycles. The SMILES string of the molecule is C#CC(O)(c1ccccc1)c1ccc(N2CCCC2)c(OC)c1. The molecular weight excluding hydrogens is 286 g/mol. The lowest BCUT2D eigenvalue weighted by Crippen LogP contribution is -2.25. The van der Waals surface area contributed by atoms with Gasteiger partial charge in [-0.25, -0.2) is 0 Å². The fourth-order valence-corrected chi connectivity index (χ4v) is 3.13. The van der Waals surface area contributed by atoms with Crippen molar-refractivity contribution in [3.8, 4) is 18.1 Å². The molecule has 1 aliphatic heterocycles. The molecule has 1 atom stereocenters. The van der Waals surface area contributed by atoms with Gasteiger partial charge in [0, 0.05) is 24.2 Å². The van der Waals surface area contributed by atoms with E-state index in [1.54, 1.807) is 7.11 Å². The summed E-state index contributed by atoms with van der Waals surface area (Å²) in [6.07, 6.45) is 8.07. The van der Waals surface area contributed by atoms with Gasteiger partial charge in [0.2, 0.25) is 0 Å². The monoisotopic (exact) mass is 307 g/mol. The third-order valence-electron chi connectivity index (χ3n) is 4.44. The van der Waals surface area contributed by atoms with Crippen LogP contribution in [0.2, 0.25) is 0 Å². The fourth-order valence-electron chi connectivity index (χ4n) is 3.13. The molecule has 0 amide bonds. The maximum absolute atomic E-state index is 11.0. The normalized spacial score (nSPS) is 16.7. The van der Waals surface area contributed by atoms with Crippen LogP contribution in [0.3, 0.4) is 0 Å². The van der Waals surface area contributed by atoms with Crippen LogP contribution in [0.15, 0.2) is 48.5 Å². The molecule has 23 heavy (non-hydrogen) atoms. The molecule has 1 heterocycles. The van der Waals surface area contributed by atoms with Gasteiger partial charge in [0.1, 0.15) is 5.75 Å². The van der Waals surface area contributed by atoms with Gasteiger partial charge in [-0.15, -0.1) is 6.42 Å². The molecule has 3 nitrogen and oxygen atoms in total. The Hall–Kier alpha value is -2.44. The minimum absolute atomic E-state index is 0.644. The summed E-state index contributed by atoms with van der Waals surface area (Å²) in [6, 6.07) is 15.0. The molecule has 1 aliphatic rings. The van der Waals surface area contributed by atoms with Gasteiger partial charge in [-0.1, -0.05) is 42.3 Å². The summed E-state index contributed by atoms with van der Waals surface area (Å²) in [4.78, 5) is 2.31. The Balaban J connectivity index is 2.04. The maximum Gasteiger partial charge on any atom is 0.176 e. The van der Waals surface area contributed by atoms with E-state index in [1.807, 2.05) is 48.5 Å². The van der Waals surface area contributed by atoms with E-state index in [4.69, 9.17) is 11.2 Å². The van der Waals surface area contributed by atoms with Crippen molar-refractivity contribution in [2.75, 3.05) is 25.1 Å². The Morgan fingerprint density at radius 2 is 1.78 bits per heavy atom. The van der Waals surface area contributed by atoms with Crippen LogP contribution in [0.5, 0.6) is 5.75 Å². The molecule has 1 fully saturated rings. The Morgan fingerprint density at radius 3 is 2.39 bits per heavy atom. The highest BCUT2D eigenvalue weighted by molar-refractivity contribution is 5.62. The Morgan fingerprint density at radius 1 is 1.09 bits per heavy atom. The number of hydrogen-bond acceptors (Lipinski definition) is 3. The topological polar surface area (TPSA) is 32.7 Å². The van der Waals surface area contributed by atoms with Crippen molar-refractivity contribution >= 4 is 5.69 Å². The second-order valence-corrected chi connectivity index (χ2v) is 5.80. The van der Waals surface area contributed by atoms with Crippen LogP contribution >= 0.6 is 0 Å². The van der Waals surface area contributed by atoms with E-state index in [1.165, 1.54) is 12.8 Å². The minimum Gasteiger partial charge on any atom is -0.495 e. The average molecular weight is 307 g/mol. The molecule has 0 spiro atoms. The highest BCUT2D eigenvalue weighted by Gasteiger charge is 2.30. The average Bonchev–Trinajstić information content (AvgIpc) is 3.15. The van der Waals surface area contributed by atoms with Crippen molar-refractivity contribution in [1.82, 2.24) is 0 Å². The number of aliphatic hydroxyl groups is 1. The molecule has 0 bridgehead atoms. The van der Waals surface area contributed by atoms with E-state index in [0.717, 1.165) is 24.5 Å². The first-order chi connectivity index (χ1) is 11.2. The first kappa shape index (κ1) is 15.5. The molecular formula is C20H21NO2. The first-order valence-electron chi connectivity index (χ1n) is 7.88. The number of ether oxygens (including phenoxy) is 1. The van der Waals surface area contributed by atoms with Gasteiger partial charge >= 0.3 is 0 Å². The number of anilines is 1. The van der Waals surface area contributed by atoms with E-state index in [0.29, 0.717) is 11.1 Å². The zero-order chi connectivity index (χ0) is 16.3. The van der Waals surface area contributed by atoms with E-state index in [2.05, 4.69) is 10.8 Å². The highest BCUT2D eigenvalue weighted by Crippen LogP contribution is 2.37. The smallest absolute Gasteiger partial charge is 0.176 e. The van der Waals surface area contributed by atoms with Crippen LogP contribution < -0.4 is 9.64 Å². The van der Waals surface area contributed by atoms with Crippen molar-refractivity contribution in [3.63, 3.8) is 0 Å². The van der Waals surface area contributed by atoms with Gasteiger partial charge in [-0.2, -0.15) is 0 Å². The zero-order valence-corrected chi connectivity index (χ0v) is 13.3. The maximum atomic E-state index is 11.0. The molecule has 0 radical (unpaired) electrons. The summed E-state index contributed by atoms with van der Waals surface area (Å²) in [6.45, 7) is 2.07. The van der Waals surface area contributed by atoms with Crippen LogP contribution in [0.25, 0.3) is 0 Å². The standard InChI is InChI=1S/C20H21NO2/c1-3-20(22,16-9-5-4-6-10-16)17-11-12-18(19(15-17)23-2)21-13-7-8-14-21/h1,4-6,9-12,15,22H,7-8,13-14H2,2H3. The lowest BCUT2D eigenvalue weighted by Gasteiger charge is -2.26. The van der Waals surface area contributed by atoms with Crippen molar-refractivity contribution in [2.24, 2.45) is 0 Å². The summed E-state index contributed by atoms with van der Waals surface area (Å²) < 4.78 is 5.55. The third-order valence-corrected chi connectivity index (χ3v) is 4.44. The molecule has 1 unspecified atom stereocenters. The van der Waals surface area contributed by atoms with Crippen LogP contribution in [0.1, 0.15) is 24.0 Å². The molecule has 118 valence electrons. The predicted molar refractivity (Wildman–Crippen MR) is 92.7 cm³/mol. The number of rotatable bonds is 4. The van der Waals surface area contributed by atoms with Crippen molar-refractivity contribution < 1.29 is 9.84 Å². The second kappa shape index (κ2) is 6.36. The molecule has 0 aromatic heterocycles. The molecule has 1 saturated heterocycles. The number of terminal acetylenes is 1.